The van der Waals surface area contributed by atoms with Gasteiger partial charge < -0.3 is 5.32 Å². The average Bonchev–Trinajstić information content (AvgIpc) is 2.43. The molecule has 100 valence electrons. The third-order valence-electron chi connectivity index (χ3n) is 3.52. The van der Waals surface area contributed by atoms with E-state index >= 15 is 0 Å². The van der Waals surface area contributed by atoms with Gasteiger partial charge in [0.15, 0.2) is 0 Å². The summed E-state index contributed by atoms with van der Waals surface area (Å²) < 4.78 is 0. The predicted octanol–water partition coefficient (Wildman–Crippen LogP) is 3.95. The van der Waals surface area contributed by atoms with Crippen molar-refractivity contribution in [2.75, 3.05) is 0 Å². The van der Waals surface area contributed by atoms with Gasteiger partial charge in [-0.15, -0.1) is 0 Å². The smallest absolute Gasteiger partial charge is 0.0530 e. The summed E-state index contributed by atoms with van der Waals surface area (Å²) in [6, 6.07) is 10.6. The Labute approximate surface area is 114 Å². The Hall–Kier alpha value is -1.77. The predicted molar refractivity (Wildman–Crippen MR) is 77.6 cm³/mol. The van der Waals surface area contributed by atoms with Crippen LogP contribution < -0.4 is 5.32 Å². The molecule has 0 saturated carbocycles. The van der Waals surface area contributed by atoms with Crippen molar-refractivity contribution in [2.45, 2.75) is 44.3 Å². The second-order valence-electron chi connectivity index (χ2n) is 4.87. The summed E-state index contributed by atoms with van der Waals surface area (Å²) >= 11 is 0. The number of hydrogen-bond donors (Lipinski definition) is 1. The molecular weight excluding hydrogens is 236 g/mol. The molecule has 0 aliphatic heterocycles. The molecule has 0 amide bonds. The number of rotatable bonds is 4. The van der Waals surface area contributed by atoms with E-state index in [9.17, 15) is 0 Å². The van der Waals surface area contributed by atoms with Gasteiger partial charge in [-0.1, -0.05) is 47.6 Å². The summed E-state index contributed by atoms with van der Waals surface area (Å²) in [5.74, 6) is 0. The molecule has 1 aliphatic carbocycles. The molecule has 0 heterocycles. The summed E-state index contributed by atoms with van der Waals surface area (Å²) in [6.07, 6.45) is 8.40. The largest absolute Gasteiger partial charge is 0.310 e. The zero-order valence-corrected chi connectivity index (χ0v) is 11.1. The van der Waals surface area contributed by atoms with Crippen molar-refractivity contribution in [3.8, 4) is 0 Å². The van der Waals surface area contributed by atoms with Crippen LogP contribution in [0, 0.1) is 0 Å². The van der Waals surface area contributed by atoms with Crippen molar-refractivity contribution in [1.29, 1.82) is 0 Å². The minimum absolute atomic E-state index is 0.0543. The van der Waals surface area contributed by atoms with E-state index in [2.05, 4.69) is 39.6 Å². The lowest BCUT2D eigenvalue weighted by Gasteiger charge is -2.25. The summed E-state index contributed by atoms with van der Waals surface area (Å²) in [7, 11) is 0. The van der Waals surface area contributed by atoms with Gasteiger partial charge in [-0.05, 0) is 36.8 Å². The molecule has 0 radical (unpaired) electrons. The van der Waals surface area contributed by atoms with E-state index in [-0.39, 0.29) is 12.1 Å². The maximum atomic E-state index is 8.70. The number of azide groups is 1. The molecule has 0 saturated heterocycles. The van der Waals surface area contributed by atoms with Crippen LogP contribution in [0.15, 0.2) is 47.6 Å². The Morgan fingerprint density at radius 2 is 1.89 bits per heavy atom. The lowest BCUT2D eigenvalue weighted by molar-refractivity contribution is 0.386. The molecule has 0 fully saturated rings. The van der Waals surface area contributed by atoms with Gasteiger partial charge in [0.2, 0.25) is 0 Å². The SMILES string of the molecule is [N-]=[N+]=NC1CCC=CCCC1NCc1ccccc1. The van der Waals surface area contributed by atoms with Crippen molar-refractivity contribution in [3.05, 3.63) is 58.5 Å². The van der Waals surface area contributed by atoms with Crippen LogP contribution in [0.1, 0.15) is 31.2 Å². The first kappa shape index (κ1) is 13.7. The zero-order valence-electron chi connectivity index (χ0n) is 11.1. The van der Waals surface area contributed by atoms with Gasteiger partial charge >= 0.3 is 0 Å². The Bertz CT molecular complexity index is 448. The Balaban J connectivity index is 1.97. The average molecular weight is 256 g/mol. The maximum absolute atomic E-state index is 8.70. The molecule has 2 rings (SSSR count). The fourth-order valence-electron chi connectivity index (χ4n) is 2.46. The van der Waals surface area contributed by atoms with Gasteiger partial charge in [0, 0.05) is 17.5 Å². The van der Waals surface area contributed by atoms with Crippen LogP contribution in [0.25, 0.3) is 10.4 Å². The van der Waals surface area contributed by atoms with Crippen LogP contribution >= 0.6 is 0 Å². The molecule has 2 unspecified atom stereocenters. The first-order valence-electron chi connectivity index (χ1n) is 6.86. The molecule has 1 aromatic rings. The van der Waals surface area contributed by atoms with Crippen molar-refractivity contribution >= 4 is 0 Å². The van der Waals surface area contributed by atoms with E-state index < -0.39 is 0 Å². The van der Waals surface area contributed by atoms with E-state index in [0.29, 0.717) is 0 Å². The fraction of sp³-hybridized carbons (Fsp3) is 0.467. The van der Waals surface area contributed by atoms with Crippen LogP contribution in [0.4, 0.5) is 0 Å². The number of hydrogen-bond acceptors (Lipinski definition) is 2. The van der Waals surface area contributed by atoms with E-state index in [1.54, 1.807) is 0 Å². The van der Waals surface area contributed by atoms with E-state index in [4.69, 9.17) is 5.53 Å². The second kappa shape index (κ2) is 7.62. The molecule has 2 atom stereocenters. The molecular formula is C15H20N4. The molecule has 0 bridgehead atoms. The van der Waals surface area contributed by atoms with Gasteiger partial charge in [-0.2, -0.15) is 0 Å². The molecule has 1 aromatic carbocycles. The van der Waals surface area contributed by atoms with Gasteiger partial charge in [0.25, 0.3) is 0 Å². The van der Waals surface area contributed by atoms with Crippen LogP contribution in [-0.4, -0.2) is 12.1 Å². The monoisotopic (exact) mass is 256 g/mol. The minimum atomic E-state index is 0.0543. The highest BCUT2D eigenvalue weighted by Crippen LogP contribution is 2.17. The van der Waals surface area contributed by atoms with E-state index in [1.165, 1.54) is 5.56 Å². The Kier molecular flexibility index (Phi) is 5.48. The van der Waals surface area contributed by atoms with Crippen LogP contribution in [0.5, 0.6) is 0 Å². The molecule has 0 spiro atoms. The Morgan fingerprint density at radius 3 is 2.63 bits per heavy atom. The highest BCUT2D eigenvalue weighted by molar-refractivity contribution is 5.14. The lowest BCUT2D eigenvalue weighted by Crippen LogP contribution is -2.38. The first-order valence-corrected chi connectivity index (χ1v) is 6.86. The molecule has 4 nitrogen and oxygen atoms in total. The van der Waals surface area contributed by atoms with Crippen molar-refractivity contribution in [1.82, 2.24) is 5.32 Å². The minimum Gasteiger partial charge on any atom is -0.310 e. The third-order valence-corrected chi connectivity index (χ3v) is 3.52. The summed E-state index contributed by atoms with van der Waals surface area (Å²) in [6.45, 7) is 0.826. The molecule has 19 heavy (non-hydrogen) atoms. The third kappa shape index (κ3) is 4.43. The zero-order chi connectivity index (χ0) is 13.3. The molecule has 0 aromatic heterocycles. The van der Waals surface area contributed by atoms with Crippen LogP contribution in [0.2, 0.25) is 0 Å². The van der Waals surface area contributed by atoms with E-state index in [1.807, 2.05) is 18.2 Å². The highest BCUT2D eigenvalue weighted by Gasteiger charge is 2.19. The second-order valence-corrected chi connectivity index (χ2v) is 4.87. The van der Waals surface area contributed by atoms with Crippen molar-refractivity contribution in [2.24, 2.45) is 5.11 Å². The number of allylic oxidation sites excluding steroid dienone is 2. The standard InChI is InChI=1S/C15H20N4/c16-19-18-15-11-7-2-1-6-10-14(15)17-12-13-8-4-3-5-9-13/h1-5,8-9,14-15,17H,6-7,10-12H2. The van der Waals surface area contributed by atoms with Gasteiger partial charge in [0.1, 0.15) is 0 Å². The summed E-state index contributed by atoms with van der Waals surface area (Å²) in [4.78, 5) is 3.00. The maximum Gasteiger partial charge on any atom is 0.0530 e. The quantitative estimate of drug-likeness (QED) is 0.377. The van der Waals surface area contributed by atoms with Crippen molar-refractivity contribution in [3.63, 3.8) is 0 Å². The fourth-order valence-corrected chi connectivity index (χ4v) is 2.46. The van der Waals surface area contributed by atoms with Gasteiger partial charge in [-0.3, -0.25) is 0 Å². The molecule has 1 N–H and O–H groups in total. The number of benzene rings is 1. The first-order chi connectivity index (χ1) is 9.40. The van der Waals surface area contributed by atoms with Gasteiger partial charge in [-0.25, -0.2) is 0 Å². The van der Waals surface area contributed by atoms with E-state index in [0.717, 1.165) is 32.2 Å². The Morgan fingerprint density at radius 1 is 1.16 bits per heavy atom. The molecule has 4 heteroatoms. The summed E-state index contributed by atoms with van der Waals surface area (Å²) in [5.41, 5.74) is 9.96. The van der Waals surface area contributed by atoms with Crippen molar-refractivity contribution < 1.29 is 0 Å². The normalized spacial score (nSPS) is 23.2. The highest BCUT2D eigenvalue weighted by atomic mass is 15.2. The summed E-state index contributed by atoms with van der Waals surface area (Å²) in [5, 5.41) is 7.50. The van der Waals surface area contributed by atoms with Crippen LogP contribution in [-0.2, 0) is 6.54 Å². The number of nitrogens with one attached hydrogen (secondary N) is 1. The topological polar surface area (TPSA) is 60.8 Å². The lowest BCUT2D eigenvalue weighted by atomic mass is 9.96. The van der Waals surface area contributed by atoms with Crippen LogP contribution in [0.3, 0.4) is 0 Å². The van der Waals surface area contributed by atoms with Gasteiger partial charge in [0.05, 0.1) is 6.04 Å². The number of nitrogens with zero attached hydrogens (tertiary/aromatic N) is 3. The molecule has 1 aliphatic rings.